The smallest absolute Gasteiger partial charge is 0.0714 e. The predicted molar refractivity (Wildman–Crippen MR) is 250 cm³/mol. The number of para-hydroxylation sites is 3. The summed E-state index contributed by atoms with van der Waals surface area (Å²) >= 11 is 0. The number of benzene rings is 9. The van der Waals surface area contributed by atoms with Gasteiger partial charge in [-0.15, -0.1) is 0 Å². The molecular weight excluding hydrogens is 725 g/mol. The van der Waals surface area contributed by atoms with Crippen LogP contribution >= 0.6 is 0 Å². The maximum atomic E-state index is 2.65. The molecule has 0 N–H and O–H groups in total. The largest absolute Gasteiger partial charge is 0.309 e. The second kappa shape index (κ2) is 12.1. The molecule has 0 saturated heterocycles. The van der Waals surface area contributed by atoms with Gasteiger partial charge in [0.05, 0.1) is 33.2 Å². The molecule has 0 amide bonds. The van der Waals surface area contributed by atoms with Gasteiger partial charge in [-0.2, -0.15) is 0 Å². The SMILES string of the molecule is CC1(C)c2ccccc2-c2c1c1c3ccccc3n(-c3cccc4c3-c3ccccc3C4(c3ccccc3)c3ccccc3)c1c1c3ccccc3n(-c3ccccc3)c21. The Kier molecular flexibility index (Phi) is 6.74. The number of rotatable bonds is 4. The first-order chi connectivity index (χ1) is 29.6. The van der Waals surface area contributed by atoms with E-state index >= 15 is 0 Å². The molecule has 0 atom stereocenters. The Hall–Kier alpha value is -7.42. The number of hydrogen-bond donors (Lipinski definition) is 0. The second-order valence-electron chi connectivity index (χ2n) is 17.1. The third-order valence-electron chi connectivity index (χ3n) is 13.9. The molecule has 0 saturated carbocycles. The van der Waals surface area contributed by atoms with E-state index in [1.807, 2.05) is 0 Å². The first-order valence-electron chi connectivity index (χ1n) is 21.1. The van der Waals surface area contributed by atoms with Crippen LogP contribution in [-0.2, 0) is 10.8 Å². The molecule has 0 spiro atoms. The zero-order chi connectivity index (χ0) is 39.7. The first-order valence-corrected chi connectivity index (χ1v) is 21.1. The van der Waals surface area contributed by atoms with Crippen LogP contribution in [0.4, 0.5) is 0 Å². The Morgan fingerprint density at radius 3 is 1.53 bits per heavy atom. The van der Waals surface area contributed by atoms with Crippen LogP contribution in [0.5, 0.6) is 0 Å². The van der Waals surface area contributed by atoms with Crippen molar-refractivity contribution >= 4 is 43.6 Å². The van der Waals surface area contributed by atoms with Crippen molar-refractivity contribution in [2.24, 2.45) is 0 Å². The number of aromatic nitrogens is 2. The molecule has 2 heterocycles. The van der Waals surface area contributed by atoms with Gasteiger partial charge in [0.2, 0.25) is 0 Å². The Bertz CT molecular complexity index is 3510. The molecule has 9 aromatic carbocycles. The summed E-state index contributed by atoms with van der Waals surface area (Å²) in [4.78, 5) is 0. The summed E-state index contributed by atoms with van der Waals surface area (Å²) < 4.78 is 5.19. The third kappa shape index (κ3) is 4.08. The van der Waals surface area contributed by atoms with E-state index in [1.54, 1.807) is 0 Å². The lowest BCUT2D eigenvalue weighted by molar-refractivity contribution is 0.667. The lowest BCUT2D eigenvalue weighted by Crippen LogP contribution is -2.28. The van der Waals surface area contributed by atoms with Gasteiger partial charge in [-0.25, -0.2) is 0 Å². The van der Waals surface area contributed by atoms with Gasteiger partial charge in [-0.3, -0.25) is 0 Å². The number of nitrogens with zero attached hydrogens (tertiary/aromatic N) is 2. The molecule has 2 aromatic heterocycles. The standard InChI is InChI=1S/C58H40N2/c1-57(2)44-31-16-12-27-40(44)51-54(57)52-42-29-14-19-35-48(42)60(56(52)53-43-30-15-18-34-47(43)59(55(51)53)39-25-10-5-11-26-39)49-36-20-33-46-50(49)41-28-13-17-32-45(41)58(46,37-21-6-3-7-22-37)38-23-8-4-9-24-38/h3-36H,1-2H3. The van der Waals surface area contributed by atoms with Crippen molar-refractivity contribution in [1.29, 1.82) is 0 Å². The highest BCUT2D eigenvalue weighted by Gasteiger charge is 2.48. The fourth-order valence-electron chi connectivity index (χ4n) is 11.7. The predicted octanol–water partition coefficient (Wildman–Crippen LogP) is 14.6. The second-order valence-corrected chi connectivity index (χ2v) is 17.1. The van der Waals surface area contributed by atoms with Crippen molar-refractivity contribution in [3.63, 3.8) is 0 Å². The fraction of sp³-hybridized carbons (Fsp3) is 0.0690. The van der Waals surface area contributed by atoms with Crippen LogP contribution in [-0.4, -0.2) is 9.13 Å². The monoisotopic (exact) mass is 764 g/mol. The van der Waals surface area contributed by atoms with Crippen LogP contribution in [0, 0.1) is 0 Å². The maximum Gasteiger partial charge on any atom is 0.0714 e. The van der Waals surface area contributed by atoms with Crippen molar-refractivity contribution in [3.8, 4) is 33.6 Å². The minimum atomic E-state index is -0.507. The lowest BCUT2D eigenvalue weighted by Gasteiger charge is -2.34. The minimum absolute atomic E-state index is 0.258. The Morgan fingerprint density at radius 2 is 0.867 bits per heavy atom. The summed E-state index contributed by atoms with van der Waals surface area (Å²) in [5.74, 6) is 0. The van der Waals surface area contributed by atoms with E-state index in [2.05, 4.69) is 229 Å². The number of fused-ring (bicyclic) bond motifs is 15. The van der Waals surface area contributed by atoms with Crippen molar-refractivity contribution in [3.05, 3.63) is 240 Å². The van der Waals surface area contributed by atoms with E-state index in [1.165, 1.54) is 111 Å². The van der Waals surface area contributed by atoms with Crippen molar-refractivity contribution < 1.29 is 0 Å². The quantitative estimate of drug-likeness (QED) is 0.169. The fourth-order valence-corrected chi connectivity index (χ4v) is 11.7. The van der Waals surface area contributed by atoms with Gasteiger partial charge in [0.15, 0.2) is 0 Å². The van der Waals surface area contributed by atoms with Gasteiger partial charge in [0.25, 0.3) is 0 Å². The zero-order valence-electron chi connectivity index (χ0n) is 33.5. The van der Waals surface area contributed by atoms with Gasteiger partial charge < -0.3 is 9.13 Å². The average molecular weight is 765 g/mol. The summed E-state index contributed by atoms with van der Waals surface area (Å²) in [6.07, 6.45) is 0. The molecule has 2 heteroatoms. The van der Waals surface area contributed by atoms with E-state index in [-0.39, 0.29) is 5.41 Å². The van der Waals surface area contributed by atoms with Crippen LogP contribution < -0.4 is 0 Å². The van der Waals surface area contributed by atoms with E-state index < -0.39 is 5.41 Å². The highest BCUT2D eigenvalue weighted by molar-refractivity contribution is 6.32. The average Bonchev–Trinajstić information content (AvgIpc) is 4.00. The van der Waals surface area contributed by atoms with Gasteiger partial charge in [-0.1, -0.05) is 190 Å². The molecule has 0 aliphatic heterocycles. The van der Waals surface area contributed by atoms with E-state index in [9.17, 15) is 0 Å². The van der Waals surface area contributed by atoms with Crippen molar-refractivity contribution in [2.45, 2.75) is 24.7 Å². The highest BCUT2D eigenvalue weighted by Crippen LogP contribution is 2.61. The molecular formula is C58H40N2. The molecule has 282 valence electrons. The van der Waals surface area contributed by atoms with E-state index in [0.717, 1.165) is 0 Å². The summed E-state index contributed by atoms with van der Waals surface area (Å²) in [5.41, 5.74) is 19.7. The van der Waals surface area contributed by atoms with Gasteiger partial charge in [-0.05, 0) is 74.8 Å². The summed E-state index contributed by atoms with van der Waals surface area (Å²) in [5, 5.41) is 5.16. The topological polar surface area (TPSA) is 9.86 Å². The zero-order valence-corrected chi connectivity index (χ0v) is 33.5. The summed E-state index contributed by atoms with van der Waals surface area (Å²) in [6.45, 7) is 4.88. The highest BCUT2D eigenvalue weighted by atomic mass is 15.0. The Balaban J connectivity index is 1.28. The van der Waals surface area contributed by atoms with Crippen molar-refractivity contribution in [1.82, 2.24) is 9.13 Å². The van der Waals surface area contributed by atoms with Crippen LogP contribution in [0.2, 0.25) is 0 Å². The van der Waals surface area contributed by atoms with Gasteiger partial charge in [0.1, 0.15) is 0 Å². The van der Waals surface area contributed by atoms with E-state index in [4.69, 9.17) is 0 Å². The van der Waals surface area contributed by atoms with Crippen LogP contribution in [0.3, 0.4) is 0 Å². The molecule has 0 bridgehead atoms. The normalized spacial score (nSPS) is 14.4. The Labute approximate surface area is 349 Å². The van der Waals surface area contributed by atoms with Crippen LogP contribution in [0.1, 0.15) is 47.2 Å². The first kappa shape index (κ1) is 33.5. The molecule has 11 aromatic rings. The van der Waals surface area contributed by atoms with E-state index in [0.29, 0.717) is 0 Å². The van der Waals surface area contributed by atoms with Gasteiger partial charge >= 0.3 is 0 Å². The molecule has 2 nitrogen and oxygen atoms in total. The molecule has 0 fully saturated rings. The van der Waals surface area contributed by atoms with Crippen LogP contribution in [0.15, 0.2) is 206 Å². The molecule has 2 aliphatic carbocycles. The van der Waals surface area contributed by atoms with Gasteiger partial charge in [0, 0.05) is 43.8 Å². The van der Waals surface area contributed by atoms with Crippen molar-refractivity contribution in [2.75, 3.05) is 0 Å². The third-order valence-corrected chi connectivity index (χ3v) is 13.9. The van der Waals surface area contributed by atoms with Crippen LogP contribution in [0.25, 0.3) is 77.2 Å². The number of hydrogen-bond acceptors (Lipinski definition) is 0. The molecule has 0 unspecified atom stereocenters. The maximum absolute atomic E-state index is 2.65. The minimum Gasteiger partial charge on any atom is -0.309 e. The molecule has 0 radical (unpaired) electrons. The molecule has 60 heavy (non-hydrogen) atoms. The summed E-state index contributed by atoms with van der Waals surface area (Å²) in [7, 11) is 0. The summed E-state index contributed by atoms with van der Waals surface area (Å²) in [6, 6.07) is 76.9. The molecule has 13 rings (SSSR count). The molecule has 2 aliphatic rings. The lowest BCUT2D eigenvalue weighted by atomic mass is 9.68. The Morgan fingerprint density at radius 1 is 0.367 bits per heavy atom.